The second-order valence-corrected chi connectivity index (χ2v) is 7.31. The summed E-state index contributed by atoms with van der Waals surface area (Å²) in [5.41, 5.74) is 2.77. The van der Waals surface area contributed by atoms with E-state index >= 15 is 0 Å². The number of hydrogen-bond acceptors (Lipinski definition) is 5. The van der Waals surface area contributed by atoms with Gasteiger partial charge in [0.2, 0.25) is 0 Å². The van der Waals surface area contributed by atoms with E-state index in [0.717, 1.165) is 34.6 Å². The highest BCUT2D eigenvalue weighted by Gasteiger charge is 2.38. The first-order chi connectivity index (χ1) is 13.7. The van der Waals surface area contributed by atoms with E-state index in [4.69, 9.17) is 19.2 Å². The van der Waals surface area contributed by atoms with Gasteiger partial charge in [0, 0.05) is 25.8 Å². The van der Waals surface area contributed by atoms with Gasteiger partial charge in [-0.25, -0.2) is 4.98 Å². The van der Waals surface area contributed by atoms with E-state index in [2.05, 4.69) is 0 Å². The summed E-state index contributed by atoms with van der Waals surface area (Å²) in [6, 6.07) is 13.7. The first kappa shape index (κ1) is 17.4. The van der Waals surface area contributed by atoms with Crippen molar-refractivity contribution in [1.82, 2.24) is 9.55 Å². The van der Waals surface area contributed by atoms with Crippen LogP contribution in [0.5, 0.6) is 5.75 Å². The molecule has 2 aliphatic heterocycles. The molecule has 2 aromatic carbocycles. The van der Waals surface area contributed by atoms with Gasteiger partial charge in [0.1, 0.15) is 11.6 Å². The van der Waals surface area contributed by atoms with Crippen molar-refractivity contribution in [2.45, 2.75) is 31.6 Å². The van der Waals surface area contributed by atoms with E-state index in [9.17, 15) is 4.79 Å². The van der Waals surface area contributed by atoms with E-state index in [0.29, 0.717) is 38.0 Å². The Balaban J connectivity index is 1.57. The fraction of sp³-hybridized carbons (Fsp3) is 0.364. The van der Waals surface area contributed by atoms with E-state index < -0.39 is 5.79 Å². The number of aryl methyl sites for hydroxylation is 1. The number of aromatic nitrogens is 2. The van der Waals surface area contributed by atoms with Gasteiger partial charge in [-0.2, -0.15) is 0 Å². The van der Waals surface area contributed by atoms with E-state index in [-0.39, 0.29) is 5.56 Å². The zero-order valence-corrected chi connectivity index (χ0v) is 15.8. The second-order valence-electron chi connectivity index (χ2n) is 7.31. The molecule has 1 aromatic heterocycles. The van der Waals surface area contributed by atoms with Crippen molar-refractivity contribution in [3.05, 3.63) is 58.6 Å². The summed E-state index contributed by atoms with van der Waals surface area (Å²) >= 11 is 0. The highest BCUT2D eigenvalue weighted by Crippen LogP contribution is 2.32. The Morgan fingerprint density at radius 1 is 1.07 bits per heavy atom. The Labute approximate surface area is 162 Å². The molecule has 0 atom stereocenters. The van der Waals surface area contributed by atoms with E-state index in [1.165, 1.54) is 0 Å². The lowest BCUT2D eigenvalue weighted by molar-refractivity contribution is -0.165. The minimum Gasteiger partial charge on any atom is -0.497 e. The molecule has 1 spiro atoms. The van der Waals surface area contributed by atoms with Gasteiger partial charge in [0.05, 0.1) is 31.2 Å². The van der Waals surface area contributed by atoms with Crippen LogP contribution in [0.4, 0.5) is 0 Å². The van der Waals surface area contributed by atoms with Gasteiger partial charge in [-0.05, 0) is 35.4 Å². The molecule has 0 unspecified atom stereocenters. The Morgan fingerprint density at radius 2 is 1.89 bits per heavy atom. The summed E-state index contributed by atoms with van der Waals surface area (Å²) in [6.07, 6.45) is 2.06. The fourth-order valence-corrected chi connectivity index (χ4v) is 4.17. The molecule has 0 saturated carbocycles. The molecule has 1 saturated heterocycles. The number of fused-ring (bicyclic) bond motifs is 2. The molecular weight excluding hydrogens is 356 g/mol. The minimum absolute atomic E-state index is 0.00670. The van der Waals surface area contributed by atoms with Crippen LogP contribution in [0.2, 0.25) is 0 Å². The second kappa shape index (κ2) is 6.72. The average Bonchev–Trinajstić information content (AvgIpc) is 3.12. The molecule has 0 amide bonds. The standard InChI is InChI=1S/C22H22N2O4/c1-26-17-4-2-3-15(13-17)16-5-6-18-19(14-16)23-20-7-8-22(27-11-12-28-22)9-10-24(20)21(18)25/h2-6,13-14H,7-12H2,1H3. The first-order valence-electron chi connectivity index (χ1n) is 9.63. The normalized spacial score (nSPS) is 18.2. The van der Waals surface area contributed by atoms with Gasteiger partial charge in [-0.15, -0.1) is 0 Å². The van der Waals surface area contributed by atoms with E-state index in [1.807, 2.05) is 42.5 Å². The average molecular weight is 378 g/mol. The fourth-order valence-electron chi connectivity index (χ4n) is 4.17. The van der Waals surface area contributed by atoms with Gasteiger partial charge < -0.3 is 14.2 Å². The molecule has 144 valence electrons. The molecule has 6 nitrogen and oxygen atoms in total. The summed E-state index contributed by atoms with van der Waals surface area (Å²) in [4.78, 5) is 17.9. The maximum Gasteiger partial charge on any atom is 0.261 e. The van der Waals surface area contributed by atoms with Crippen LogP contribution in [-0.4, -0.2) is 35.7 Å². The molecule has 28 heavy (non-hydrogen) atoms. The molecule has 0 aliphatic carbocycles. The van der Waals surface area contributed by atoms with Gasteiger partial charge in [0.15, 0.2) is 5.79 Å². The maximum absolute atomic E-state index is 13.1. The van der Waals surface area contributed by atoms with Crippen molar-refractivity contribution < 1.29 is 14.2 Å². The number of hydrogen-bond donors (Lipinski definition) is 0. The van der Waals surface area contributed by atoms with Crippen LogP contribution in [0.25, 0.3) is 22.0 Å². The smallest absolute Gasteiger partial charge is 0.261 e. The lowest BCUT2D eigenvalue weighted by Gasteiger charge is -2.24. The highest BCUT2D eigenvalue weighted by molar-refractivity contribution is 5.83. The Morgan fingerprint density at radius 3 is 2.71 bits per heavy atom. The Hall–Kier alpha value is -2.70. The van der Waals surface area contributed by atoms with Crippen molar-refractivity contribution >= 4 is 10.9 Å². The molecule has 3 heterocycles. The summed E-state index contributed by atoms with van der Waals surface area (Å²) in [5, 5.41) is 0.639. The van der Waals surface area contributed by atoms with Crippen molar-refractivity contribution in [1.29, 1.82) is 0 Å². The van der Waals surface area contributed by atoms with Gasteiger partial charge in [-0.1, -0.05) is 18.2 Å². The quantitative estimate of drug-likeness (QED) is 0.686. The summed E-state index contributed by atoms with van der Waals surface area (Å²) in [7, 11) is 1.65. The van der Waals surface area contributed by atoms with Gasteiger partial charge in [-0.3, -0.25) is 9.36 Å². The number of methoxy groups -OCH3 is 1. The monoisotopic (exact) mass is 378 g/mol. The van der Waals surface area contributed by atoms with Crippen LogP contribution < -0.4 is 10.3 Å². The topological polar surface area (TPSA) is 62.6 Å². The van der Waals surface area contributed by atoms with Crippen molar-refractivity contribution in [2.24, 2.45) is 0 Å². The molecule has 0 radical (unpaired) electrons. The largest absolute Gasteiger partial charge is 0.497 e. The number of ether oxygens (including phenoxy) is 3. The third-order valence-corrected chi connectivity index (χ3v) is 5.70. The molecule has 5 rings (SSSR count). The van der Waals surface area contributed by atoms with Crippen molar-refractivity contribution in [2.75, 3.05) is 20.3 Å². The molecule has 1 fully saturated rings. The molecule has 0 bridgehead atoms. The Bertz CT molecular complexity index is 1100. The summed E-state index contributed by atoms with van der Waals surface area (Å²) in [5.74, 6) is 1.05. The lowest BCUT2D eigenvalue weighted by atomic mass is 10.0. The van der Waals surface area contributed by atoms with Crippen molar-refractivity contribution in [3.63, 3.8) is 0 Å². The minimum atomic E-state index is -0.557. The first-order valence-corrected chi connectivity index (χ1v) is 9.63. The van der Waals surface area contributed by atoms with Crippen LogP contribution in [0.1, 0.15) is 18.7 Å². The SMILES string of the molecule is COc1cccc(-c2ccc3c(=O)n4c(nc3c2)CCC2(CC4)OCCO2)c1. The molecule has 6 heteroatoms. The van der Waals surface area contributed by atoms with Crippen LogP contribution in [0.3, 0.4) is 0 Å². The van der Waals surface area contributed by atoms with Crippen LogP contribution in [0, 0.1) is 0 Å². The predicted octanol–water partition coefficient (Wildman–Crippen LogP) is 3.15. The Kier molecular flexibility index (Phi) is 4.18. The maximum atomic E-state index is 13.1. The number of rotatable bonds is 2. The summed E-state index contributed by atoms with van der Waals surface area (Å²) < 4.78 is 18.8. The highest BCUT2D eigenvalue weighted by atomic mass is 16.7. The summed E-state index contributed by atoms with van der Waals surface area (Å²) in [6.45, 7) is 1.80. The molecule has 3 aromatic rings. The third kappa shape index (κ3) is 2.89. The zero-order chi connectivity index (χ0) is 19.1. The van der Waals surface area contributed by atoms with Gasteiger partial charge in [0.25, 0.3) is 5.56 Å². The van der Waals surface area contributed by atoms with Crippen LogP contribution in [-0.2, 0) is 22.4 Å². The zero-order valence-electron chi connectivity index (χ0n) is 15.8. The van der Waals surface area contributed by atoms with Crippen LogP contribution in [0.15, 0.2) is 47.3 Å². The van der Waals surface area contributed by atoms with Crippen LogP contribution >= 0.6 is 0 Å². The lowest BCUT2D eigenvalue weighted by Crippen LogP contribution is -2.31. The third-order valence-electron chi connectivity index (χ3n) is 5.70. The van der Waals surface area contributed by atoms with Crippen molar-refractivity contribution in [3.8, 4) is 16.9 Å². The predicted molar refractivity (Wildman–Crippen MR) is 106 cm³/mol. The van der Waals surface area contributed by atoms with E-state index in [1.54, 1.807) is 11.7 Å². The molecule has 2 aliphatic rings. The number of benzene rings is 2. The molecule has 0 N–H and O–H groups in total. The van der Waals surface area contributed by atoms with Gasteiger partial charge >= 0.3 is 0 Å². The molecular formula is C22H22N2O4. The number of nitrogens with zero attached hydrogens (tertiary/aromatic N) is 2.